The Hall–Kier alpha value is -2.18. The number of anilines is 1. The van der Waals surface area contributed by atoms with Gasteiger partial charge in [0.1, 0.15) is 5.75 Å². The van der Waals surface area contributed by atoms with Gasteiger partial charge >= 0.3 is 0 Å². The topological polar surface area (TPSA) is 62.2 Å². The maximum absolute atomic E-state index is 12.3. The molecule has 0 aliphatic rings. The average molecular weight is 417 g/mol. The van der Waals surface area contributed by atoms with Crippen LogP contribution in [0.2, 0.25) is 0 Å². The summed E-state index contributed by atoms with van der Waals surface area (Å²) in [5, 5.41) is 13.1. The first-order chi connectivity index (χ1) is 11.9. The molecule has 4 nitrogen and oxygen atoms in total. The molecule has 0 fully saturated rings. The van der Waals surface area contributed by atoms with Gasteiger partial charge in [0.2, 0.25) is 0 Å². The van der Waals surface area contributed by atoms with Gasteiger partial charge in [-0.1, -0.05) is 65.4 Å². The lowest BCUT2D eigenvalue weighted by Crippen LogP contribution is -2.11. The quantitative estimate of drug-likeness (QED) is 0.576. The number of phenolic OH excluding ortho intramolecular Hbond substituents is 1. The van der Waals surface area contributed by atoms with E-state index in [0.29, 0.717) is 11.0 Å². The number of phenols is 1. The average Bonchev–Trinajstić information content (AvgIpc) is 3.05. The van der Waals surface area contributed by atoms with E-state index in [1.54, 1.807) is 18.3 Å². The number of rotatable bonds is 4. The maximum Gasteiger partial charge on any atom is 0.261 e. The minimum Gasteiger partial charge on any atom is -0.507 e. The Morgan fingerprint density at radius 1 is 1.20 bits per heavy atom. The van der Waals surface area contributed by atoms with Crippen LogP contribution >= 0.6 is 27.3 Å². The molecule has 0 radical (unpaired) electrons. The highest BCUT2D eigenvalue weighted by Crippen LogP contribution is 2.31. The van der Waals surface area contributed by atoms with Crippen molar-refractivity contribution in [2.24, 2.45) is 0 Å². The Kier molecular flexibility index (Phi) is 5.20. The summed E-state index contributed by atoms with van der Waals surface area (Å²) in [4.78, 5) is 17.6. The van der Waals surface area contributed by atoms with E-state index in [9.17, 15) is 9.90 Å². The number of nitrogens with one attached hydrogen (secondary N) is 1. The van der Waals surface area contributed by atoms with Crippen LogP contribution in [0.1, 0.15) is 35.7 Å². The SMILES string of the molecule is CC(C)c1ccc(-c2cnc(NC(=O)c3cc(Br)ccc3O)s2)cc1. The molecular formula is C19H17BrN2O2S. The predicted octanol–water partition coefficient (Wildman–Crippen LogP) is 5.65. The van der Waals surface area contributed by atoms with Gasteiger partial charge in [-0.05, 0) is 35.2 Å². The third-order valence-corrected chi connectivity index (χ3v) is 5.25. The summed E-state index contributed by atoms with van der Waals surface area (Å²) in [6.45, 7) is 4.32. The summed E-state index contributed by atoms with van der Waals surface area (Å²) in [6, 6.07) is 13.1. The van der Waals surface area contributed by atoms with E-state index in [0.717, 1.165) is 14.9 Å². The minimum atomic E-state index is -0.394. The summed E-state index contributed by atoms with van der Waals surface area (Å²) in [7, 11) is 0. The van der Waals surface area contributed by atoms with Crippen molar-refractivity contribution in [3.8, 4) is 16.2 Å². The molecule has 3 rings (SSSR count). The molecule has 1 amide bonds. The number of halogens is 1. The third-order valence-electron chi connectivity index (χ3n) is 3.79. The fraction of sp³-hybridized carbons (Fsp3) is 0.158. The summed E-state index contributed by atoms with van der Waals surface area (Å²) in [6.07, 6.45) is 1.74. The number of aromatic hydroxyl groups is 1. The summed E-state index contributed by atoms with van der Waals surface area (Å²) in [5.74, 6) is 0.0276. The van der Waals surface area contributed by atoms with Crippen molar-refractivity contribution >= 4 is 38.3 Å². The zero-order chi connectivity index (χ0) is 18.0. The lowest BCUT2D eigenvalue weighted by molar-refractivity contribution is 0.102. The van der Waals surface area contributed by atoms with Crippen molar-refractivity contribution in [1.29, 1.82) is 0 Å². The van der Waals surface area contributed by atoms with Gasteiger partial charge in [0.25, 0.3) is 5.91 Å². The zero-order valence-corrected chi connectivity index (χ0v) is 16.2. The first kappa shape index (κ1) is 17.6. The fourth-order valence-corrected chi connectivity index (χ4v) is 3.53. The van der Waals surface area contributed by atoms with Gasteiger partial charge in [-0.25, -0.2) is 4.98 Å². The maximum atomic E-state index is 12.3. The lowest BCUT2D eigenvalue weighted by atomic mass is 10.0. The van der Waals surface area contributed by atoms with Gasteiger partial charge < -0.3 is 5.11 Å². The molecule has 0 aliphatic heterocycles. The number of thiazole rings is 1. The van der Waals surface area contributed by atoms with Crippen molar-refractivity contribution in [2.75, 3.05) is 5.32 Å². The highest BCUT2D eigenvalue weighted by Gasteiger charge is 2.14. The highest BCUT2D eigenvalue weighted by atomic mass is 79.9. The highest BCUT2D eigenvalue weighted by molar-refractivity contribution is 9.10. The van der Waals surface area contributed by atoms with Crippen molar-refractivity contribution in [2.45, 2.75) is 19.8 Å². The van der Waals surface area contributed by atoms with Crippen LogP contribution in [0.4, 0.5) is 5.13 Å². The third kappa shape index (κ3) is 4.08. The van der Waals surface area contributed by atoms with Crippen LogP contribution in [0.5, 0.6) is 5.75 Å². The van der Waals surface area contributed by atoms with Crippen LogP contribution < -0.4 is 5.32 Å². The summed E-state index contributed by atoms with van der Waals surface area (Å²) in [5.41, 5.74) is 2.55. The normalized spacial score (nSPS) is 10.9. The van der Waals surface area contributed by atoms with Crippen molar-refractivity contribution < 1.29 is 9.90 Å². The molecule has 1 aromatic heterocycles. The number of carbonyl (C=O) groups excluding carboxylic acids is 1. The molecule has 0 unspecified atom stereocenters. The van der Waals surface area contributed by atoms with E-state index in [2.05, 4.69) is 64.3 Å². The van der Waals surface area contributed by atoms with Crippen molar-refractivity contribution in [3.05, 3.63) is 64.3 Å². The van der Waals surface area contributed by atoms with Gasteiger partial charge in [0, 0.05) is 10.7 Å². The Bertz CT molecular complexity index is 904. The Balaban J connectivity index is 1.77. The number of nitrogens with zero attached hydrogens (tertiary/aromatic N) is 1. The van der Waals surface area contributed by atoms with E-state index in [1.807, 2.05) is 0 Å². The summed E-state index contributed by atoms with van der Waals surface area (Å²) < 4.78 is 0.723. The van der Waals surface area contributed by atoms with Crippen LogP contribution in [-0.2, 0) is 0 Å². The monoisotopic (exact) mass is 416 g/mol. The Morgan fingerprint density at radius 3 is 2.60 bits per heavy atom. The molecular weight excluding hydrogens is 400 g/mol. The molecule has 0 saturated carbocycles. The predicted molar refractivity (Wildman–Crippen MR) is 105 cm³/mol. The molecule has 0 atom stereocenters. The van der Waals surface area contributed by atoms with Crippen molar-refractivity contribution in [1.82, 2.24) is 4.98 Å². The second-order valence-corrected chi connectivity index (χ2v) is 7.87. The van der Waals surface area contributed by atoms with Gasteiger partial charge in [-0.2, -0.15) is 0 Å². The second-order valence-electron chi connectivity index (χ2n) is 5.92. The number of hydrogen-bond donors (Lipinski definition) is 2. The van der Waals surface area contributed by atoms with Crippen LogP contribution in [0.15, 0.2) is 53.1 Å². The van der Waals surface area contributed by atoms with Crippen LogP contribution in [0.25, 0.3) is 10.4 Å². The van der Waals surface area contributed by atoms with E-state index in [-0.39, 0.29) is 11.3 Å². The Labute approximate surface area is 158 Å². The Morgan fingerprint density at radius 2 is 1.92 bits per heavy atom. The molecule has 0 bridgehead atoms. The molecule has 0 saturated heterocycles. The lowest BCUT2D eigenvalue weighted by Gasteiger charge is -2.05. The molecule has 2 N–H and O–H groups in total. The van der Waals surface area contributed by atoms with Crippen LogP contribution in [0, 0.1) is 0 Å². The summed E-state index contributed by atoms with van der Waals surface area (Å²) >= 11 is 4.69. The van der Waals surface area contributed by atoms with E-state index in [4.69, 9.17) is 0 Å². The van der Waals surface area contributed by atoms with Gasteiger partial charge in [-0.15, -0.1) is 0 Å². The second kappa shape index (κ2) is 7.37. The van der Waals surface area contributed by atoms with Gasteiger partial charge in [0.15, 0.2) is 5.13 Å². The number of hydrogen-bond acceptors (Lipinski definition) is 4. The molecule has 6 heteroatoms. The van der Waals surface area contributed by atoms with Gasteiger partial charge in [0.05, 0.1) is 10.4 Å². The van der Waals surface area contributed by atoms with Crippen molar-refractivity contribution in [3.63, 3.8) is 0 Å². The van der Waals surface area contributed by atoms with E-state index < -0.39 is 5.91 Å². The molecule has 0 aliphatic carbocycles. The van der Waals surface area contributed by atoms with E-state index >= 15 is 0 Å². The smallest absolute Gasteiger partial charge is 0.261 e. The van der Waals surface area contributed by atoms with Crippen LogP contribution in [-0.4, -0.2) is 16.0 Å². The first-order valence-electron chi connectivity index (χ1n) is 7.80. The number of aromatic nitrogens is 1. The molecule has 0 spiro atoms. The largest absolute Gasteiger partial charge is 0.507 e. The molecule has 25 heavy (non-hydrogen) atoms. The molecule has 2 aromatic carbocycles. The minimum absolute atomic E-state index is 0.0678. The molecule has 3 aromatic rings. The van der Waals surface area contributed by atoms with Gasteiger partial charge in [-0.3, -0.25) is 10.1 Å². The zero-order valence-electron chi connectivity index (χ0n) is 13.8. The fourth-order valence-electron chi connectivity index (χ4n) is 2.35. The standard InChI is InChI=1S/C19H17BrN2O2S/c1-11(2)12-3-5-13(6-4-12)17-10-21-19(25-17)22-18(24)15-9-14(20)7-8-16(15)23/h3-11,23H,1-2H3,(H,21,22,24). The first-order valence-corrected chi connectivity index (χ1v) is 9.41. The number of carbonyl (C=O) groups is 1. The molecule has 128 valence electrons. The van der Waals surface area contributed by atoms with E-state index in [1.165, 1.54) is 23.0 Å². The number of benzene rings is 2. The number of amides is 1. The molecule has 1 heterocycles. The van der Waals surface area contributed by atoms with Crippen LogP contribution in [0.3, 0.4) is 0 Å².